The minimum Gasteiger partial charge on any atom is -0.497 e. The molecule has 3 heterocycles. The molecule has 0 radical (unpaired) electrons. The van der Waals surface area contributed by atoms with E-state index in [1.54, 1.807) is 14.2 Å². The van der Waals surface area contributed by atoms with Gasteiger partial charge in [-0.3, -0.25) is 4.79 Å². The normalized spacial score (nSPS) is 20.2. The first-order valence-electron chi connectivity index (χ1n) is 11.9. The SMILES string of the molecule is COCCc1noc(CC2CCOC3(CCN(C(=O)CCc4ccc(OC)cc4)CC3)C2)n1. The van der Waals surface area contributed by atoms with Gasteiger partial charge in [-0.25, -0.2) is 0 Å². The highest BCUT2D eigenvalue weighted by molar-refractivity contribution is 5.76. The van der Waals surface area contributed by atoms with Crippen molar-refractivity contribution in [3.63, 3.8) is 0 Å². The summed E-state index contributed by atoms with van der Waals surface area (Å²) in [6.45, 7) is 2.86. The first kappa shape index (κ1) is 23.7. The van der Waals surface area contributed by atoms with E-state index in [1.165, 1.54) is 0 Å². The third-order valence-electron chi connectivity index (χ3n) is 6.91. The molecule has 0 saturated carbocycles. The predicted molar refractivity (Wildman–Crippen MR) is 122 cm³/mol. The Bertz CT molecular complexity index is 890. The number of amides is 1. The molecule has 8 heteroatoms. The van der Waals surface area contributed by atoms with Crippen molar-refractivity contribution < 1.29 is 23.5 Å². The summed E-state index contributed by atoms with van der Waals surface area (Å²) in [5.41, 5.74) is 1.02. The first-order chi connectivity index (χ1) is 16.1. The van der Waals surface area contributed by atoms with Crippen LogP contribution in [0.4, 0.5) is 0 Å². The van der Waals surface area contributed by atoms with E-state index in [0.29, 0.717) is 37.1 Å². The third-order valence-corrected chi connectivity index (χ3v) is 6.91. The largest absolute Gasteiger partial charge is 0.497 e. The smallest absolute Gasteiger partial charge is 0.226 e. The number of hydrogen-bond acceptors (Lipinski definition) is 7. The van der Waals surface area contributed by atoms with E-state index >= 15 is 0 Å². The van der Waals surface area contributed by atoms with Crippen molar-refractivity contribution >= 4 is 5.91 Å². The van der Waals surface area contributed by atoms with Crippen LogP contribution in [-0.2, 0) is 33.5 Å². The molecule has 2 aliphatic heterocycles. The summed E-state index contributed by atoms with van der Waals surface area (Å²) >= 11 is 0. The number of hydrogen-bond donors (Lipinski definition) is 0. The highest BCUT2D eigenvalue weighted by Gasteiger charge is 2.41. The Morgan fingerprint density at radius 1 is 1.18 bits per heavy atom. The summed E-state index contributed by atoms with van der Waals surface area (Å²) in [5.74, 6) is 2.93. The Labute approximate surface area is 195 Å². The third kappa shape index (κ3) is 6.32. The maximum atomic E-state index is 12.8. The van der Waals surface area contributed by atoms with E-state index in [9.17, 15) is 4.79 Å². The van der Waals surface area contributed by atoms with Gasteiger partial charge >= 0.3 is 0 Å². The zero-order chi connectivity index (χ0) is 23.1. The van der Waals surface area contributed by atoms with E-state index in [0.717, 1.165) is 69.5 Å². The molecule has 1 aromatic carbocycles. The number of aryl methyl sites for hydroxylation is 1. The van der Waals surface area contributed by atoms with Crippen LogP contribution in [0.5, 0.6) is 5.75 Å². The van der Waals surface area contributed by atoms with Gasteiger partial charge in [-0.2, -0.15) is 4.98 Å². The van der Waals surface area contributed by atoms with Gasteiger partial charge in [0.05, 0.1) is 19.3 Å². The van der Waals surface area contributed by atoms with Crippen molar-refractivity contribution in [3.05, 3.63) is 41.5 Å². The van der Waals surface area contributed by atoms with Crippen molar-refractivity contribution in [2.24, 2.45) is 5.92 Å². The van der Waals surface area contributed by atoms with Gasteiger partial charge in [-0.15, -0.1) is 0 Å². The van der Waals surface area contributed by atoms with Crippen LogP contribution in [0.15, 0.2) is 28.8 Å². The summed E-state index contributed by atoms with van der Waals surface area (Å²) in [4.78, 5) is 19.3. The Morgan fingerprint density at radius 3 is 2.70 bits per heavy atom. The van der Waals surface area contributed by atoms with E-state index in [1.807, 2.05) is 29.2 Å². The average Bonchev–Trinajstić information content (AvgIpc) is 3.29. The molecule has 8 nitrogen and oxygen atoms in total. The highest BCUT2D eigenvalue weighted by Crippen LogP contribution is 2.38. The molecule has 2 aliphatic rings. The summed E-state index contributed by atoms with van der Waals surface area (Å²) in [7, 11) is 3.33. The lowest BCUT2D eigenvalue weighted by Gasteiger charge is -2.46. The number of carbonyl (C=O) groups excluding carboxylic acids is 1. The molecule has 1 spiro atoms. The summed E-state index contributed by atoms with van der Waals surface area (Å²) in [6, 6.07) is 7.93. The number of ether oxygens (including phenoxy) is 3. The number of likely N-dealkylation sites (tertiary alicyclic amines) is 1. The molecule has 1 atom stereocenters. The molecule has 1 unspecified atom stereocenters. The maximum Gasteiger partial charge on any atom is 0.226 e. The Kier molecular flexibility index (Phi) is 7.98. The number of carbonyl (C=O) groups is 1. The van der Waals surface area contributed by atoms with Crippen LogP contribution >= 0.6 is 0 Å². The van der Waals surface area contributed by atoms with Gasteiger partial charge in [0.1, 0.15) is 5.75 Å². The second-order valence-electron chi connectivity index (χ2n) is 9.17. The quantitative estimate of drug-likeness (QED) is 0.571. The minimum absolute atomic E-state index is 0.130. The molecule has 1 aromatic heterocycles. The van der Waals surface area contributed by atoms with E-state index in [2.05, 4.69) is 10.1 Å². The summed E-state index contributed by atoms with van der Waals surface area (Å²) in [6.07, 6.45) is 6.50. The number of rotatable bonds is 9. The molecular weight excluding hydrogens is 422 g/mol. The van der Waals surface area contributed by atoms with Crippen molar-refractivity contribution in [1.82, 2.24) is 15.0 Å². The first-order valence-corrected chi connectivity index (χ1v) is 11.9. The molecule has 2 fully saturated rings. The van der Waals surface area contributed by atoms with E-state index in [-0.39, 0.29) is 11.5 Å². The fourth-order valence-electron chi connectivity index (χ4n) is 4.93. The molecule has 4 rings (SSSR count). The number of piperidine rings is 1. The van der Waals surface area contributed by atoms with Gasteiger partial charge < -0.3 is 23.6 Å². The standard InChI is InChI=1S/C25H35N3O5/c1-30-15-10-22-26-23(33-27-22)17-20-9-16-32-25(18-20)11-13-28(14-12-25)24(29)8-5-19-3-6-21(31-2)7-4-19/h3-4,6-7,20H,5,8-18H2,1-2H3. The average molecular weight is 458 g/mol. The lowest BCUT2D eigenvalue weighted by Crippen LogP contribution is -2.51. The van der Waals surface area contributed by atoms with Gasteiger partial charge in [-0.05, 0) is 55.7 Å². The maximum absolute atomic E-state index is 12.8. The van der Waals surface area contributed by atoms with Crippen LogP contribution < -0.4 is 4.74 Å². The molecule has 2 aromatic rings. The number of methoxy groups -OCH3 is 2. The van der Waals surface area contributed by atoms with Gasteiger partial charge in [0.25, 0.3) is 0 Å². The van der Waals surface area contributed by atoms with Gasteiger partial charge in [0.2, 0.25) is 11.8 Å². The van der Waals surface area contributed by atoms with Crippen LogP contribution in [0.2, 0.25) is 0 Å². The highest BCUT2D eigenvalue weighted by atomic mass is 16.5. The second kappa shape index (κ2) is 11.1. The van der Waals surface area contributed by atoms with Gasteiger partial charge in [0, 0.05) is 46.1 Å². The van der Waals surface area contributed by atoms with Crippen LogP contribution in [0, 0.1) is 5.92 Å². The lowest BCUT2D eigenvalue weighted by molar-refractivity contribution is -0.147. The van der Waals surface area contributed by atoms with Crippen LogP contribution in [0.1, 0.15) is 49.4 Å². The molecule has 0 bridgehead atoms. The van der Waals surface area contributed by atoms with Crippen molar-refractivity contribution in [3.8, 4) is 5.75 Å². The lowest BCUT2D eigenvalue weighted by atomic mass is 9.78. The Morgan fingerprint density at radius 2 is 1.97 bits per heavy atom. The van der Waals surface area contributed by atoms with E-state index in [4.69, 9.17) is 18.7 Å². The molecule has 33 heavy (non-hydrogen) atoms. The monoisotopic (exact) mass is 457 g/mol. The molecule has 1 amide bonds. The minimum atomic E-state index is -0.130. The number of nitrogens with zero attached hydrogens (tertiary/aromatic N) is 3. The predicted octanol–water partition coefficient (Wildman–Crippen LogP) is 3.23. The fourth-order valence-corrected chi connectivity index (χ4v) is 4.93. The topological polar surface area (TPSA) is 86.9 Å². The van der Waals surface area contributed by atoms with Crippen molar-refractivity contribution in [2.45, 2.75) is 57.0 Å². The molecule has 2 saturated heterocycles. The number of benzene rings is 1. The van der Waals surface area contributed by atoms with Gasteiger partial charge in [0.15, 0.2) is 5.82 Å². The Balaban J connectivity index is 1.23. The molecule has 0 N–H and O–H groups in total. The van der Waals surface area contributed by atoms with Crippen molar-refractivity contribution in [1.29, 1.82) is 0 Å². The van der Waals surface area contributed by atoms with Crippen LogP contribution in [0.25, 0.3) is 0 Å². The fraction of sp³-hybridized carbons (Fsp3) is 0.640. The van der Waals surface area contributed by atoms with Crippen LogP contribution in [0.3, 0.4) is 0 Å². The second-order valence-corrected chi connectivity index (χ2v) is 9.17. The molecule has 180 valence electrons. The number of aromatic nitrogens is 2. The van der Waals surface area contributed by atoms with Gasteiger partial charge in [-0.1, -0.05) is 17.3 Å². The zero-order valence-electron chi connectivity index (χ0n) is 19.8. The molecule has 0 aliphatic carbocycles. The van der Waals surface area contributed by atoms with E-state index < -0.39 is 0 Å². The molecular formula is C25H35N3O5. The summed E-state index contributed by atoms with van der Waals surface area (Å²) < 4.78 is 22.0. The summed E-state index contributed by atoms with van der Waals surface area (Å²) in [5, 5.41) is 4.05. The zero-order valence-corrected chi connectivity index (χ0v) is 19.8. The van der Waals surface area contributed by atoms with Crippen molar-refractivity contribution in [2.75, 3.05) is 40.5 Å². The Hall–Kier alpha value is -2.45. The van der Waals surface area contributed by atoms with Crippen LogP contribution in [-0.4, -0.2) is 67.1 Å².